The molecule has 23 heavy (non-hydrogen) atoms. The Morgan fingerprint density at radius 1 is 1.22 bits per heavy atom. The summed E-state index contributed by atoms with van der Waals surface area (Å²) in [4.78, 5) is 33.0. The third-order valence-electron chi connectivity index (χ3n) is 2.64. The standard InChI is InChI=1S/C15H17NO7/c1-22-9-23-11-5-2-10(3-6-11)4-7-13(17)16-12(15(20)21)8-14(18)19/h2-7,12H,8-9H2,1H3,(H,16,17)(H,18,19)(H,20,21)/b7-4+. The predicted octanol–water partition coefficient (Wildman–Crippen LogP) is 0.727. The van der Waals surface area contributed by atoms with Crippen LogP contribution in [0.25, 0.3) is 6.08 Å². The lowest BCUT2D eigenvalue weighted by atomic mass is 10.2. The Morgan fingerprint density at radius 2 is 1.87 bits per heavy atom. The molecule has 0 aliphatic carbocycles. The van der Waals surface area contributed by atoms with E-state index in [0.717, 1.165) is 6.08 Å². The summed E-state index contributed by atoms with van der Waals surface area (Å²) in [5, 5.41) is 19.5. The molecule has 0 saturated carbocycles. The SMILES string of the molecule is COCOc1ccc(/C=C/C(=O)NC(CC(=O)O)C(=O)O)cc1. The van der Waals surface area contributed by atoms with E-state index in [1.54, 1.807) is 24.3 Å². The van der Waals surface area contributed by atoms with Crippen LogP contribution in [0.3, 0.4) is 0 Å². The van der Waals surface area contributed by atoms with E-state index in [1.807, 2.05) is 0 Å². The van der Waals surface area contributed by atoms with Crippen molar-refractivity contribution in [2.45, 2.75) is 12.5 Å². The first-order chi connectivity index (χ1) is 10.9. The summed E-state index contributed by atoms with van der Waals surface area (Å²) in [5.74, 6) is -2.82. The smallest absolute Gasteiger partial charge is 0.326 e. The van der Waals surface area contributed by atoms with Crippen molar-refractivity contribution in [2.24, 2.45) is 0 Å². The van der Waals surface area contributed by atoms with E-state index < -0.39 is 30.3 Å². The molecular formula is C15H17NO7. The maximum atomic E-state index is 11.6. The predicted molar refractivity (Wildman–Crippen MR) is 79.8 cm³/mol. The highest BCUT2D eigenvalue weighted by atomic mass is 16.7. The molecule has 0 saturated heterocycles. The Balaban J connectivity index is 2.59. The van der Waals surface area contributed by atoms with Gasteiger partial charge in [0.15, 0.2) is 6.79 Å². The summed E-state index contributed by atoms with van der Waals surface area (Å²) in [6, 6.07) is 5.28. The van der Waals surface area contributed by atoms with Gasteiger partial charge in [0.05, 0.1) is 6.42 Å². The number of aliphatic carboxylic acids is 2. The largest absolute Gasteiger partial charge is 0.481 e. The Kier molecular flexibility index (Phi) is 7.28. The molecule has 0 heterocycles. The quantitative estimate of drug-likeness (QED) is 0.452. The minimum absolute atomic E-state index is 0.123. The lowest BCUT2D eigenvalue weighted by molar-refractivity contribution is -0.146. The Labute approximate surface area is 132 Å². The maximum Gasteiger partial charge on any atom is 0.326 e. The van der Waals surface area contributed by atoms with Crippen molar-refractivity contribution in [1.29, 1.82) is 0 Å². The summed E-state index contributed by atoms with van der Waals surface area (Å²) in [6.07, 6.45) is 1.90. The lowest BCUT2D eigenvalue weighted by Crippen LogP contribution is -2.41. The zero-order chi connectivity index (χ0) is 17.2. The van der Waals surface area contributed by atoms with E-state index in [1.165, 1.54) is 13.2 Å². The average Bonchev–Trinajstić information content (AvgIpc) is 2.50. The first kappa shape index (κ1) is 18.2. The molecule has 1 unspecified atom stereocenters. The third-order valence-corrected chi connectivity index (χ3v) is 2.64. The first-order valence-electron chi connectivity index (χ1n) is 6.57. The Bertz CT molecular complexity index is 580. The van der Waals surface area contributed by atoms with Crippen molar-refractivity contribution >= 4 is 23.9 Å². The van der Waals surface area contributed by atoms with Crippen molar-refractivity contribution in [3.63, 3.8) is 0 Å². The van der Waals surface area contributed by atoms with Gasteiger partial charge in [-0.2, -0.15) is 0 Å². The van der Waals surface area contributed by atoms with Crippen LogP contribution in [0, 0.1) is 0 Å². The molecule has 1 rings (SSSR count). The number of ether oxygens (including phenoxy) is 2. The number of hydrogen-bond acceptors (Lipinski definition) is 5. The van der Waals surface area contributed by atoms with Gasteiger partial charge < -0.3 is 25.0 Å². The minimum Gasteiger partial charge on any atom is -0.481 e. The zero-order valence-corrected chi connectivity index (χ0v) is 12.4. The second-order valence-corrected chi connectivity index (χ2v) is 4.45. The molecule has 0 radical (unpaired) electrons. The van der Waals surface area contributed by atoms with E-state index in [2.05, 4.69) is 5.32 Å². The van der Waals surface area contributed by atoms with Gasteiger partial charge in [-0.05, 0) is 23.8 Å². The first-order valence-corrected chi connectivity index (χ1v) is 6.57. The number of carbonyl (C=O) groups is 3. The highest BCUT2D eigenvalue weighted by Gasteiger charge is 2.21. The molecule has 1 aromatic carbocycles. The summed E-state index contributed by atoms with van der Waals surface area (Å²) >= 11 is 0. The van der Waals surface area contributed by atoms with E-state index in [0.29, 0.717) is 11.3 Å². The fourth-order valence-corrected chi connectivity index (χ4v) is 1.57. The number of carboxylic acid groups (broad SMARTS) is 2. The van der Waals surface area contributed by atoms with Crippen LogP contribution in [-0.2, 0) is 19.1 Å². The van der Waals surface area contributed by atoms with E-state index >= 15 is 0 Å². The van der Waals surface area contributed by atoms with Crippen LogP contribution >= 0.6 is 0 Å². The fraction of sp³-hybridized carbons (Fsp3) is 0.267. The molecular weight excluding hydrogens is 306 g/mol. The van der Waals surface area contributed by atoms with Crippen molar-refractivity contribution in [3.05, 3.63) is 35.9 Å². The van der Waals surface area contributed by atoms with Gasteiger partial charge >= 0.3 is 11.9 Å². The highest BCUT2D eigenvalue weighted by molar-refractivity contribution is 5.95. The number of hydrogen-bond donors (Lipinski definition) is 3. The summed E-state index contributed by atoms with van der Waals surface area (Å²) in [5.41, 5.74) is 0.690. The minimum atomic E-state index is -1.48. The third kappa shape index (κ3) is 7.09. The number of rotatable bonds is 9. The van der Waals surface area contributed by atoms with Gasteiger partial charge in [-0.15, -0.1) is 0 Å². The normalized spacial score (nSPS) is 11.9. The number of carbonyl (C=O) groups excluding carboxylic acids is 1. The van der Waals surface area contributed by atoms with E-state index in [-0.39, 0.29) is 6.79 Å². The second-order valence-electron chi connectivity index (χ2n) is 4.45. The van der Waals surface area contributed by atoms with Crippen molar-refractivity contribution in [1.82, 2.24) is 5.32 Å². The van der Waals surface area contributed by atoms with Gasteiger partial charge in [-0.25, -0.2) is 4.79 Å². The molecule has 1 atom stereocenters. The number of amides is 1. The monoisotopic (exact) mass is 323 g/mol. The lowest BCUT2D eigenvalue weighted by Gasteiger charge is -2.10. The molecule has 0 aromatic heterocycles. The Hall–Kier alpha value is -2.87. The van der Waals surface area contributed by atoms with Crippen LogP contribution in [0.1, 0.15) is 12.0 Å². The summed E-state index contributed by atoms with van der Waals surface area (Å²) < 4.78 is 9.96. The second kappa shape index (κ2) is 9.21. The Morgan fingerprint density at radius 3 is 2.39 bits per heavy atom. The summed E-state index contributed by atoms with van der Waals surface area (Å²) in [6.45, 7) is 0.123. The van der Waals surface area contributed by atoms with Crippen molar-refractivity contribution in [2.75, 3.05) is 13.9 Å². The molecule has 8 nitrogen and oxygen atoms in total. The summed E-state index contributed by atoms with van der Waals surface area (Å²) in [7, 11) is 1.50. The molecule has 1 aromatic rings. The van der Waals surface area contributed by atoms with Crippen LogP contribution < -0.4 is 10.1 Å². The number of nitrogens with one attached hydrogen (secondary N) is 1. The number of carboxylic acids is 2. The highest BCUT2D eigenvalue weighted by Crippen LogP contribution is 2.13. The molecule has 0 aliphatic rings. The van der Waals surface area contributed by atoms with Crippen LogP contribution in [0.2, 0.25) is 0 Å². The van der Waals surface area contributed by atoms with E-state index in [9.17, 15) is 14.4 Å². The van der Waals surface area contributed by atoms with Gasteiger partial charge in [-0.3, -0.25) is 9.59 Å². The number of benzene rings is 1. The van der Waals surface area contributed by atoms with Crippen LogP contribution in [0.5, 0.6) is 5.75 Å². The van der Waals surface area contributed by atoms with Crippen LogP contribution in [-0.4, -0.2) is 48.0 Å². The van der Waals surface area contributed by atoms with Crippen molar-refractivity contribution < 1.29 is 34.1 Å². The molecule has 0 fully saturated rings. The molecule has 3 N–H and O–H groups in total. The van der Waals surface area contributed by atoms with Crippen LogP contribution in [0.4, 0.5) is 0 Å². The van der Waals surface area contributed by atoms with Crippen LogP contribution in [0.15, 0.2) is 30.3 Å². The topological polar surface area (TPSA) is 122 Å². The zero-order valence-electron chi connectivity index (χ0n) is 12.4. The molecule has 8 heteroatoms. The van der Waals surface area contributed by atoms with Gasteiger partial charge in [-0.1, -0.05) is 12.1 Å². The molecule has 124 valence electrons. The molecule has 0 bridgehead atoms. The van der Waals surface area contributed by atoms with Gasteiger partial charge in [0, 0.05) is 13.2 Å². The van der Waals surface area contributed by atoms with Crippen molar-refractivity contribution in [3.8, 4) is 5.75 Å². The van der Waals surface area contributed by atoms with Gasteiger partial charge in [0.1, 0.15) is 11.8 Å². The fourth-order valence-electron chi connectivity index (χ4n) is 1.57. The van der Waals surface area contributed by atoms with Gasteiger partial charge in [0.25, 0.3) is 0 Å². The van der Waals surface area contributed by atoms with Gasteiger partial charge in [0.2, 0.25) is 5.91 Å². The molecule has 0 aliphatic heterocycles. The maximum absolute atomic E-state index is 11.6. The number of methoxy groups -OCH3 is 1. The molecule has 0 spiro atoms. The average molecular weight is 323 g/mol. The molecule has 1 amide bonds. The van der Waals surface area contributed by atoms with E-state index in [4.69, 9.17) is 19.7 Å².